The molecule has 0 rings (SSSR count). The zero-order valence-corrected chi connectivity index (χ0v) is 11.1. The van der Waals surface area contributed by atoms with Crippen LogP contribution in [0.4, 0.5) is 0 Å². The van der Waals surface area contributed by atoms with Gasteiger partial charge in [0.25, 0.3) is 0 Å². The molecule has 0 aromatic rings. The molecule has 0 aromatic heterocycles. The Morgan fingerprint density at radius 1 is 1.38 bits per heavy atom. The molecule has 16 heavy (non-hydrogen) atoms. The van der Waals surface area contributed by atoms with Crippen molar-refractivity contribution in [1.82, 2.24) is 4.72 Å². The molecule has 0 spiro atoms. The molecule has 0 aromatic carbocycles. The lowest BCUT2D eigenvalue weighted by Crippen LogP contribution is -2.39. The Labute approximate surface area is 98.2 Å². The van der Waals surface area contributed by atoms with Gasteiger partial charge in [-0.1, -0.05) is 13.8 Å². The smallest absolute Gasteiger partial charge is 0.212 e. The average Bonchev–Trinajstić information content (AvgIpc) is 2.15. The molecule has 0 aliphatic carbocycles. The summed E-state index contributed by atoms with van der Waals surface area (Å²) in [6.07, 6.45) is 1.10. The Balaban J connectivity index is 4.10. The first kappa shape index (κ1) is 15.8. The molecule has 0 saturated carbocycles. The van der Waals surface area contributed by atoms with Crippen molar-refractivity contribution >= 4 is 10.0 Å². The first-order valence-corrected chi connectivity index (χ1v) is 7.16. The summed E-state index contributed by atoms with van der Waals surface area (Å²) < 4.78 is 30.4. The summed E-state index contributed by atoms with van der Waals surface area (Å²) in [5.41, 5.74) is 0. The quantitative estimate of drug-likeness (QED) is 0.581. The van der Waals surface area contributed by atoms with Crippen LogP contribution >= 0.6 is 0 Å². The van der Waals surface area contributed by atoms with Crippen LogP contribution in [-0.4, -0.2) is 45.6 Å². The van der Waals surface area contributed by atoms with Crippen LogP contribution in [0.2, 0.25) is 0 Å². The van der Waals surface area contributed by atoms with Crippen LogP contribution in [0.15, 0.2) is 0 Å². The number of rotatable bonds is 9. The number of hydrogen-bond donors (Lipinski definition) is 2. The third-order valence-corrected chi connectivity index (χ3v) is 3.60. The molecule has 0 radical (unpaired) electrons. The minimum absolute atomic E-state index is 0.0371. The average molecular weight is 253 g/mol. The van der Waals surface area contributed by atoms with Gasteiger partial charge in [0, 0.05) is 19.8 Å². The van der Waals surface area contributed by atoms with Crippen LogP contribution in [0.25, 0.3) is 0 Å². The molecule has 0 fully saturated rings. The Morgan fingerprint density at radius 2 is 2.00 bits per heavy atom. The minimum atomic E-state index is -3.30. The number of aliphatic hydroxyl groups is 1. The second kappa shape index (κ2) is 8.00. The van der Waals surface area contributed by atoms with Gasteiger partial charge >= 0.3 is 0 Å². The van der Waals surface area contributed by atoms with E-state index in [1.54, 1.807) is 0 Å². The fourth-order valence-electron chi connectivity index (χ4n) is 1.44. The number of nitrogens with one attached hydrogen (secondary N) is 1. The summed E-state index contributed by atoms with van der Waals surface area (Å²) in [4.78, 5) is 0. The molecule has 0 aliphatic heterocycles. The summed E-state index contributed by atoms with van der Waals surface area (Å²) in [6.45, 7) is 4.24. The van der Waals surface area contributed by atoms with Gasteiger partial charge in [-0.3, -0.25) is 0 Å². The van der Waals surface area contributed by atoms with E-state index >= 15 is 0 Å². The highest BCUT2D eigenvalue weighted by molar-refractivity contribution is 7.89. The van der Waals surface area contributed by atoms with E-state index in [2.05, 4.69) is 4.72 Å². The third kappa shape index (κ3) is 8.04. The first-order chi connectivity index (χ1) is 7.41. The van der Waals surface area contributed by atoms with Crippen molar-refractivity contribution in [3.63, 3.8) is 0 Å². The van der Waals surface area contributed by atoms with E-state index in [0.29, 0.717) is 25.4 Å². The summed E-state index contributed by atoms with van der Waals surface area (Å²) in [6, 6.07) is -0.382. The van der Waals surface area contributed by atoms with Crippen LogP contribution in [0.1, 0.15) is 26.7 Å². The Morgan fingerprint density at radius 3 is 2.44 bits per heavy atom. The van der Waals surface area contributed by atoms with Crippen molar-refractivity contribution in [3.8, 4) is 0 Å². The van der Waals surface area contributed by atoms with E-state index in [1.165, 1.54) is 7.11 Å². The van der Waals surface area contributed by atoms with E-state index < -0.39 is 10.0 Å². The molecule has 2 N–H and O–H groups in total. The van der Waals surface area contributed by atoms with Gasteiger partial charge in [-0.15, -0.1) is 0 Å². The Hall–Kier alpha value is -0.170. The predicted molar refractivity (Wildman–Crippen MR) is 63.7 cm³/mol. The highest BCUT2D eigenvalue weighted by atomic mass is 32.2. The fraction of sp³-hybridized carbons (Fsp3) is 1.00. The molecule has 1 unspecified atom stereocenters. The third-order valence-electron chi connectivity index (χ3n) is 2.08. The molecule has 0 amide bonds. The normalized spacial score (nSPS) is 14.3. The highest BCUT2D eigenvalue weighted by Gasteiger charge is 2.17. The molecule has 98 valence electrons. The largest absolute Gasteiger partial charge is 0.395 e. The summed E-state index contributed by atoms with van der Waals surface area (Å²) >= 11 is 0. The second-order valence-corrected chi connectivity index (χ2v) is 6.17. The maximum absolute atomic E-state index is 11.6. The monoisotopic (exact) mass is 253 g/mol. The van der Waals surface area contributed by atoms with E-state index in [4.69, 9.17) is 9.84 Å². The standard InChI is InChI=1S/C10H23NO4S/c1-9(2)7-10(8-12)11-16(13,14)6-4-5-15-3/h9-12H,4-8H2,1-3H3. The van der Waals surface area contributed by atoms with Crippen molar-refractivity contribution in [2.75, 3.05) is 26.1 Å². The van der Waals surface area contributed by atoms with Gasteiger partial charge in [0.05, 0.1) is 12.4 Å². The van der Waals surface area contributed by atoms with Crippen molar-refractivity contribution in [3.05, 3.63) is 0 Å². The lowest BCUT2D eigenvalue weighted by atomic mass is 10.1. The Kier molecular flexibility index (Phi) is 7.91. The zero-order valence-electron chi connectivity index (χ0n) is 10.3. The first-order valence-electron chi connectivity index (χ1n) is 5.51. The van der Waals surface area contributed by atoms with E-state index in [1.807, 2.05) is 13.8 Å². The second-order valence-electron chi connectivity index (χ2n) is 4.29. The van der Waals surface area contributed by atoms with Crippen LogP contribution < -0.4 is 4.72 Å². The summed E-state index contributed by atoms with van der Waals surface area (Å²) in [7, 11) is -1.76. The number of ether oxygens (including phenoxy) is 1. The molecule has 1 atom stereocenters. The summed E-state index contributed by atoms with van der Waals surface area (Å²) in [5.74, 6) is 0.383. The van der Waals surface area contributed by atoms with Gasteiger partial charge in [-0.25, -0.2) is 13.1 Å². The molecule has 5 nitrogen and oxygen atoms in total. The van der Waals surface area contributed by atoms with Gasteiger partial charge in [0.15, 0.2) is 0 Å². The fourth-order valence-corrected chi connectivity index (χ4v) is 2.73. The molecule has 6 heteroatoms. The number of sulfonamides is 1. The van der Waals surface area contributed by atoms with E-state index in [9.17, 15) is 8.42 Å². The Bertz CT molecular complexity index is 264. The van der Waals surface area contributed by atoms with Gasteiger partial charge < -0.3 is 9.84 Å². The van der Waals surface area contributed by atoms with Crippen molar-refractivity contribution in [2.24, 2.45) is 5.92 Å². The van der Waals surface area contributed by atoms with E-state index in [0.717, 1.165) is 0 Å². The van der Waals surface area contributed by atoms with E-state index in [-0.39, 0.29) is 18.4 Å². The molecule has 0 aliphatic rings. The van der Waals surface area contributed by atoms with Crippen molar-refractivity contribution < 1.29 is 18.3 Å². The molecular weight excluding hydrogens is 230 g/mol. The van der Waals surface area contributed by atoms with Crippen LogP contribution in [0, 0.1) is 5.92 Å². The van der Waals surface area contributed by atoms with Gasteiger partial charge in [0.1, 0.15) is 0 Å². The number of hydrogen-bond acceptors (Lipinski definition) is 4. The van der Waals surface area contributed by atoms with Gasteiger partial charge in [0.2, 0.25) is 10.0 Å². The van der Waals surface area contributed by atoms with Gasteiger partial charge in [-0.05, 0) is 18.8 Å². The highest BCUT2D eigenvalue weighted by Crippen LogP contribution is 2.05. The minimum Gasteiger partial charge on any atom is -0.395 e. The van der Waals surface area contributed by atoms with Crippen LogP contribution in [0.5, 0.6) is 0 Å². The van der Waals surface area contributed by atoms with Crippen LogP contribution in [0.3, 0.4) is 0 Å². The summed E-state index contributed by atoms with van der Waals surface area (Å²) in [5, 5.41) is 9.06. The molecular formula is C10H23NO4S. The lowest BCUT2D eigenvalue weighted by molar-refractivity contribution is 0.199. The maximum atomic E-state index is 11.6. The zero-order chi connectivity index (χ0) is 12.6. The topological polar surface area (TPSA) is 75.6 Å². The SMILES string of the molecule is COCCCS(=O)(=O)NC(CO)CC(C)C. The van der Waals surface area contributed by atoms with Gasteiger partial charge in [-0.2, -0.15) is 0 Å². The van der Waals surface area contributed by atoms with Crippen LogP contribution in [-0.2, 0) is 14.8 Å². The maximum Gasteiger partial charge on any atom is 0.212 e. The molecule has 0 bridgehead atoms. The van der Waals surface area contributed by atoms with Crippen molar-refractivity contribution in [1.29, 1.82) is 0 Å². The molecule has 0 heterocycles. The number of methoxy groups -OCH3 is 1. The number of aliphatic hydroxyl groups excluding tert-OH is 1. The lowest BCUT2D eigenvalue weighted by Gasteiger charge is -2.18. The van der Waals surface area contributed by atoms with Crippen molar-refractivity contribution in [2.45, 2.75) is 32.7 Å². The molecule has 0 saturated heterocycles. The predicted octanol–water partition coefficient (Wildman–Crippen LogP) is 0.349.